The van der Waals surface area contributed by atoms with Crippen LogP contribution >= 0.6 is 11.3 Å². The second-order valence-corrected chi connectivity index (χ2v) is 7.63. The molecule has 3 N–H and O–H groups in total. The van der Waals surface area contributed by atoms with E-state index in [4.69, 9.17) is 4.74 Å². The normalized spacial score (nSPS) is 10.5. The Morgan fingerprint density at radius 1 is 1.06 bits per heavy atom. The summed E-state index contributed by atoms with van der Waals surface area (Å²) in [7, 11) is 1.25. The number of alkyl halides is 2. The highest BCUT2D eigenvalue weighted by Crippen LogP contribution is 2.29. The number of thiazole rings is 1. The molecule has 3 rings (SSSR count). The van der Waals surface area contributed by atoms with Gasteiger partial charge in [0.05, 0.1) is 19.3 Å². The summed E-state index contributed by atoms with van der Waals surface area (Å²) in [4.78, 5) is 40.0. The third-order valence-corrected chi connectivity index (χ3v) is 5.06. The van der Waals surface area contributed by atoms with Gasteiger partial charge in [-0.15, -0.1) is 11.3 Å². The van der Waals surface area contributed by atoms with Gasteiger partial charge in [-0.25, -0.2) is 4.98 Å². The van der Waals surface area contributed by atoms with E-state index in [-0.39, 0.29) is 29.5 Å². The van der Waals surface area contributed by atoms with Gasteiger partial charge in [0.25, 0.3) is 5.91 Å². The lowest BCUT2D eigenvalue weighted by Gasteiger charge is -2.11. The summed E-state index contributed by atoms with van der Waals surface area (Å²) in [5.41, 5.74) is 2.19. The molecule has 0 saturated carbocycles. The van der Waals surface area contributed by atoms with Gasteiger partial charge in [0.2, 0.25) is 11.8 Å². The first-order valence-electron chi connectivity index (χ1n) is 9.79. The van der Waals surface area contributed by atoms with E-state index in [9.17, 15) is 23.2 Å². The predicted molar refractivity (Wildman–Crippen MR) is 122 cm³/mol. The Hall–Kier alpha value is -4.06. The first-order valence-corrected chi connectivity index (χ1v) is 10.7. The summed E-state index contributed by atoms with van der Waals surface area (Å²) < 4.78 is 34.1. The molecule has 178 valence electrons. The van der Waals surface area contributed by atoms with Crippen molar-refractivity contribution < 1.29 is 32.6 Å². The van der Waals surface area contributed by atoms with Gasteiger partial charge in [0.1, 0.15) is 0 Å². The molecule has 0 aliphatic rings. The van der Waals surface area contributed by atoms with Crippen molar-refractivity contribution >= 4 is 39.9 Å². The van der Waals surface area contributed by atoms with Crippen molar-refractivity contribution in [2.24, 2.45) is 0 Å². The van der Waals surface area contributed by atoms with Gasteiger partial charge < -0.3 is 25.4 Å². The van der Waals surface area contributed by atoms with Crippen LogP contribution in [0.2, 0.25) is 0 Å². The van der Waals surface area contributed by atoms with E-state index >= 15 is 0 Å². The molecule has 12 heteroatoms. The number of aromatic nitrogens is 1. The molecule has 3 aromatic rings. The number of carbonyl (C=O) groups is 3. The number of rotatable bonds is 9. The van der Waals surface area contributed by atoms with Crippen LogP contribution in [0, 0.1) is 0 Å². The van der Waals surface area contributed by atoms with Gasteiger partial charge in [0, 0.05) is 29.1 Å². The Morgan fingerprint density at radius 2 is 1.79 bits per heavy atom. The molecular weight excluding hydrogens is 470 g/mol. The maximum absolute atomic E-state index is 12.4. The van der Waals surface area contributed by atoms with Crippen molar-refractivity contribution in [2.75, 3.05) is 24.3 Å². The number of methoxy groups -OCH3 is 1. The van der Waals surface area contributed by atoms with Crippen LogP contribution in [-0.4, -0.2) is 43.0 Å². The highest BCUT2D eigenvalue weighted by atomic mass is 32.1. The summed E-state index contributed by atoms with van der Waals surface area (Å²) >= 11 is 1.21. The molecule has 3 amide bonds. The van der Waals surface area contributed by atoms with E-state index in [0.29, 0.717) is 16.5 Å². The smallest absolute Gasteiger partial charge is 0.387 e. The van der Waals surface area contributed by atoms with Crippen LogP contribution in [0.5, 0.6) is 11.5 Å². The Kier molecular flexibility index (Phi) is 8.09. The van der Waals surface area contributed by atoms with Gasteiger partial charge in [0.15, 0.2) is 16.6 Å². The molecule has 0 radical (unpaired) electrons. The lowest BCUT2D eigenvalue weighted by atomic mass is 10.1. The third-order valence-electron chi connectivity index (χ3n) is 4.30. The zero-order valence-electron chi connectivity index (χ0n) is 18.1. The number of benzene rings is 2. The van der Waals surface area contributed by atoms with E-state index in [1.165, 1.54) is 43.6 Å². The molecule has 34 heavy (non-hydrogen) atoms. The minimum Gasteiger partial charge on any atom is -0.493 e. The Morgan fingerprint density at radius 3 is 2.44 bits per heavy atom. The first-order chi connectivity index (χ1) is 16.2. The summed E-state index contributed by atoms with van der Waals surface area (Å²) in [6, 6.07) is 10.7. The molecule has 1 heterocycles. The van der Waals surface area contributed by atoms with E-state index in [1.807, 2.05) is 0 Å². The van der Waals surface area contributed by atoms with Crippen LogP contribution in [-0.2, 0) is 9.59 Å². The lowest BCUT2D eigenvalue weighted by Crippen LogP contribution is -2.32. The monoisotopic (exact) mass is 490 g/mol. The molecule has 2 aromatic carbocycles. The highest BCUT2D eigenvalue weighted by molar-refractivity contribution is 7.14. The highest BCUT2D eigenvalue weighted by Gasteiger charge is 2.15. The molecule has 0 unspecified atom stereocenters. The number of hydrogen-bond donors (Lipinski definition) is 3. The maximum atomic E-state index is 12.4. The number of carbonyl (C=O) groups excluding carboxylic acids is 3. The van der Waals surface area contributed by atoms with Crippen LogP contribution in [0.3, 0.4) is 0 Å². The van der Waals surface area contributed by atoms with Crippen LogP contribution in [0.15, 0.2) is 47.8 Å². The predicted octanol–water partition coefficient (Wildman–Crippen LogP) is 3.75. The number of halogens is 2. The van der Waals surface area contributed by atoms with Crippen molar-refractivity contribution in [2.45, 2.75) is 13.5 Å². The topological polar surface area (TPSA) is 119 Å². The fourth-order valence-corrected chi connectivity index (χ4v) is 3.56. The van der Waals surface area contributed by atoms with E-state index in [1.54, 1.807) is 29.6 Å². The molecule has 1 aromatic heterocycles. The second kappa shape index (κ2) is 11.2. The summed E-state index contributed by atoms with van der Waals surface area (Å²) in [5.74, 6) is -1.53. The summed E-state index contributed by atoms with van der Waals surface area (Å²) in [6.07, 6.45) is 0. The number of nitrogens with one attached hydrogen (secondary N) is 3. The fourth-order valence-electron chi connectivity index (χ4n) is 2.82. The molecule has 0 aliphatic carbocycles. The minimum absolute atomic E-state index is 0.0437. The molecule has 0 saturated heterocycles. The zero-order valence-corrected chi connectivity index (χ0v) is 18.9. The van der Waals surface area contributed by atoms with Crippen molar-refractivity contribution in [3.8, 4) is 22.8 Å². The standard InChI is InChI=1S/C22H20F2N4O5S/c1-12(29)26-15-6-3-13(4-7-15)16-11-34-22(27-16)28-19(30)10-25-20(31)14-5-8-17(33-21(23)24)18(9-14)32-2/h3-9,11,21H,10H2,1-2H3,(H,25,31)(H,26,29)(H,27,28,30). The molecule has 0 atom stereocenters. The molecule has 0 spiro atoms. The van der Waals surface area contributed by atoms with Gasteiger partial charge >= 0.3 is 6.61 Å². The molecule has 0 aliphatic heterocycles. The summed E-state index contributed by atoms with van der Waals surface area (Å²) in [6.45, 7) is -1.95. The van der Waals surface area contributed by atoms with Gasteiger partial charge in [-0.2, -0.15) is 8.78 Å². The number of ether oxygens (including phenoxy) is 2. The number of amides is 3. The lowest BCUT2D eigenvalue weighted by molar-refractivity contribution is -0.115. The number of nitrogens with zero attached hydrogens (tertiary/aromatic N) is 1. The van der Waals surface area contributed by atoms with Gasteiger partial charge in [-0.1, -0.05) is 12.1 Å². The zero-order chi connectivity index (χ0) is 24.7. The first kappa shape index (κ1) is 24.6. The minimum atomic E-state index is -3.04. The Labute approximate surface area is 197 Å². The molecule has 0 bridgehead atoms. The Balaban J connectivity index is 1.55. The van der Waals surface area contributed by atoms with E-state index < -0.39 is 18.4 Å². The van der Waals surface area contributed by atoms with Crippen LogP contribution in [0.1, 0.15) is 17.3 Å². The number of anilines is 2. The van der Waals surface area contributed by atoms with Crippen LogP contribution in [0.4, 0.5) is 19.6 Å². The van der Waals surface area contributed by atoms with Crippen molar-refractivity contribution in [3.05, 3.63) is 53.4 Å². The summed E-state index contributed by atoms with van der Waals surface area (Å²) in [5, 5.41) is 9.81. The molecule has 0 fully saturated rings. The average Bonchev–Trinajstić information content (AvgIpc) is 3.25. The largest absolute Gasteiger partial charge is 0.493 e. The van der Waals surface area contributed by atoms with Gasteiger partial charge in [-0.3, -0.25) is 14.4 Å². The Bertz CT molecular complexity index is 1180. The van der Waals surface area contributed by atoms with Crippen molar-refractivity contribution in [1.29, 1.82) is 0 Å². The maximum Gasteiger partial charge on any atom is 0.387 e. The van der Waals surface area contributed by atoms with Gasteiger partial charge in [-0.05, 0) is 30.3 Å². The van der Waals surface area contributed by atoms with Crippen LogP contribution in [0.25, 0.3) is 11.3 Å². The molecular formula is C22H20F2N4O5S. The third kappa shape index (κ3) is 6.72. The SMILES string of the molecule is COc1cc(C(=O)NCC(=O)Nc2nc(-c3ccc(NC(C)=O)cc3)cs2)ccc1OC(F)F. The quantitative estimate of drug-likeness (QED) is 0.421. The van der Waals surface area contributed by atoms with E-state index in [0.717, 1.165) is 5.56 Å². The second-order valence-electron chi connectivity index (χ2n) is 6.77. The molecule has 9 nitrogen and oxygen atoms in total. The fraction of sp³-hybridized carbons (Fsp3) is 0.182. The number of hydrogen-bond acceptors (Lipinski definition) is 7. The van der Waals surface area contributed by atoms with Crippen LogP contribution < -0.4 is 25.4 Å². The van der Waals surface area contributed by atoms with Crippen molar-refractivity contribution in [1.82, 2.24) is 10.3 Å². The van der Waals surface area contributed by atoms with Crippen molar-refractivity contribution in [3.63, 3.8) is 0 Å². The van der Waals surface area contributed by atoms with E-state index in [2.05, 4.69) is 25.7 Å². The average molecular weight is 490 g/mol.